The van der Waals surface area contributed by atoms with Crippen molar-refractivity contribution in [2.45, 2.75) is 10.9 Å². The molecule has 1 unspecified atom stereocenters. The Hall–Kier alpha value is -2.00. The van der Waals surface area contributed by atoms with E-state index < -0.39 is 10.0 Å². The maximum Gasteiger partial charge on any atom is 0.240 e. The molecule has 0 amide bonds. The molecular formula is C19H25FN2O4S. The first-order valence-electron chi connectivity index (χ1n) is 8.47. The monoisotopic (exact) mass is 396 g/mol. The molecule has 0 saturated carbocycles. The van der Waals surface area contributed by atoms with Gasteiger partial charge in [-0.05, 0) is 56.1 Å². The lowest BCUT2D eigenvalue weighted by molar-refractivity contribution is 0.146. The fourth-order valence-corrected chi connectivity index (χ4v) is 3.58. The molecule has 8 heteroatoms. The molecule has 6 nitrogen and oxygen atoms in total. The molecule has 1 atom stereocenters. The van der Waals surface area contributed by atoms with Gasteiger partial charge in [-0.25, -0.2) is 17.5 Å². The Kier molecular flexibility index (Phi) is 7.73. The zero-order valence-corrected chi connectivity index (χ0v) is 16.5. The second-order valence-corrected chi connectivity index (χ2v) is 7.97. The highest BCUT2D eigenvalue weighted by atomic mass is 32.2. The van der Waals surface area contributed by atoms with E-state index in [0.29, 0.717) is 24.5 Å². The molecule has 0 spiro atoms. The minimum atomic E-state index is -3.70. The van der Waals surface area contributed by atoms with Gasteiger partial charge in [0.1, 0.15) is 18.2 Å². The van der Waals surface area contributed by atoms with Crippen LogP contribution in [0.5, 0.6) is 5.75 Å². The molecule has 0 aliphatic heterocycles. The predicted molar refractivity (Wildman–Crippen MR) is 102 cm³/mol. The number of rotatable bonds is 10. The van der Waals surface area contributed by atoms with E-state index in [-0.39, 0.29) is 23.3 Å². The summed E-state index contributed by atoms with van der Waals surface area (Å²) >= 11 is 0. The lowest BCUT2D eigenvalue weighted by Crippen LogP contribution is -2.34. The number of sulfonamides is 1. The molecule has 0 bridgehead atoms. The lowest BCUT2D eigenvalue weighted by Gasteiger charge is -2.25. The second-order valence-electron chi connectivity index (χ2n) is 6.20. The van der Waals surface area contributed by atoms with Gasteiger partial charge in [0, 0.05) is 19.7 Å². The van der Waals surface area contributed by atoms with Crippen LogP contribution in [-0.2, 0) is 14.8 Å². The molecule has 148 valence electrons. The zero-order valence-electron chi connectivity index (χ0n) is 15.7. The number of hydrogen-bond acceptors (Lipinski definition) is 5. The van der Waals surface area contributed by atoms with Crippen LogP contribution >= 0.6 is 0 Å². The highest BCUT2D eigenvalue weighted by Gasteiger charge is 2.20. The van der Waals surface area contributed by atoms with Gasteiger partial charge < -0.3 is 14.4 Å². The Bertz CT molecular complexity index is 826. The van der Waals surface area contributed by atoms with Crippen LogP contribution in [0.15, 0.2) is 53.4 Å². The molecule has 0 aliphatic rings. The van der Waals surface area contributed by atoms with Gasteiger partial charge in [-0.3, -0.25) is 0 Å². The SMILES string of the molecule is COCCOc1ccc(S(=O)(=O)NCC(c2cccc(F)c2)N(C)C)cc1. The summed E-state index contributed by atoms with van der Waals surface area (Å²) in [6.07, 6.45) is 0. The van der Waals surface area contributed by atoms with E-state index in [0.717, 1.165) is 0 Å². The molecule has 0 fully saturated rings. The summed E-state index contributed by atoms with van der Waals surface area (Å²) in [6, 6.07) is 12.0. The van der Waals surface area contributed by atoms with Crippen molar-refractivity contribution < 1.29 is 22.3 Å². The average Bonchev–Trinajstić information content (AvgIpc) is 2.62. The summed E-state index contributed by atoms with van der Waals surface area (Å²) in [4.78, 5) is 1.97. The van der Waals surface area contributed by atoms with Crippen LogP contribution in [0.2, 0.25) is 0 Å². The van der Waals surface area contributed by atoms with Gasteiger partial charge in [-0.2, -0.15) is 0 Å². The Morgan fingerprint density at radius 2 is 1.81 bits per heavy atom. The molecule has 0 aliphatic carbocycles. The summed E-state index contributed by atoms with van der Waals surface area (Å²) in [6.45, 7) is 0.956. The molecule has 0 heterocycles. The second kappa shape index (κ2) is 9.80. The van der Waals surface area contributed by atoms with E-state index in [9.17, 15) is 12.8 Å². The van der Waals surface area contributed by atoms with Gasteiger partial charge in [0.25, 0.3) is 0 Å². The number of ether oxygens (including phenoxy) is 2. The van der Waals surface area contributed by atoms with Gasteiger partial charge in [-0.1, -0.05) is 12.1 Å². The maximum absolute atomic E-state index is 13.5. The van der Waals surface area contributed by atoms with Crippen molar-refractivity contribution in [2.24, 2.45) is 0 Å². The van der Waals surface area contributed by atoms with Crippen molar-refractivity contribution in [3.05, 3.63) is 59.9 Å². The fraction of sp³-hybridized carbons (Fsp3) is 0.368. The van der Waals surface area contributed by atoms with E-state index >= 15 is 0 Å². The third kappa shape index (κ3) is 6.28. The van der Waals surface area contributed by atoms with Gasteiger partial charge in [0.05, 0.1) is 11.5 Å². The lowest BCUT2D eigenvalue weighted by atomic mass is 10.1. The Morgan fingerprint density at radius 3 is 2.41 bits per heavy atom. The molecule has 2 aromatic rings. The van der Waals surface area contributed by atoms with E-state index in [1.807, 2.05) is 19.0 Å². The Morgan fingerprint density at radius 1 is 1.11 bits per heavy atom. The molecule has 27 heavy (non-hydrogen) atoms. The van der Waals surface area contributed by atoms with Crippen LogP contribution in [0.3, 0.4) is 0 Å². The quantitative estimate of drug-likeness (QED) is 0.625. The smallest absolute Gasteiger partial charge is 0.240 e. The van der Waals surface area contributed by atoms with Crippen molar-refractivity contribution in [2.75, 3.05) is 41.0 Å². The summed E-state index contributed by atoms with van der Waals surface area (Å²) in [5.41, 5.74) is 0.699. The molecular weight excluding hydrogens is 371 g/mol. The van der Waals surface area contributed by atoms with Crippen LogP contribution in [0.1, 0.15) is 11.6 Å². The van der Waals surface area contributed by atoms with Crippen molar-refractivity contribution in [3.8, 4) is 5.75 Å². The summed E-state index contributed by atoms with van der Waals surface area (Å²) in [5.74, 6) is 0.211. The number of methoxy groups -OCH3 is 1. The predicted octanol–water partition coefficient (Wildman–Crippen LogP) is 2.43. The fourth-order valence-electron chi connectivity index (χ4n) is 2.54. The van der Waals surface area contributed by atoms with Gasteiger partial charge in [0.2, 0.25) is 10.0 Å². The standard InChI is InChI=1S/C19H25FN2O4S/c1-22(2)19(15-5-4-6-16(20)13-15)14-21-27(23,24)18-9-7-17(8-10-18)26-12-11-25-3/h4-10,13,19,21H,11-12,14H2,1-3H3. The zero-order chi connectivity index (χ0) is 19.9. The number of benzene rings is 2. The van der Waals surface area contributed by atoms with E-state index in [4.69, 9.17) is 9.47 Å². The Labute approximate surface area is 160 Å². The number of halogens is 1. The summed E-state index contributed by atoms with van der Waals surface area (Å²) < 4.78 is 51.6. The van der Waals surface area contributed by atoms with Crippen molar-refractivity contribution in [1.29, 1.82) is 0 Å². The van der Waals surface area contributed by atoms with Gasteiger partial charge >= 0.3 is 0 Å². The molecule has 2 rings (SSSR count). The first kappa shape index (κ1) is 21.3. The minimum Gasteiger partial charge on any atom is -0.491 e. The average molecular weight is 396 g/mol. The Balaban J connectivity index is 2.06. The van der Waals surface area contributed by atoms with Crippen LogP contribution in [0, 0.1) is 5.82 Å². The van der Waals surface area contributed by atoms with Crippen molar-refractivity contribution >= 4 is 10.0 Å². The molecule has 2 aromatic carbocycles. The summed E-state index contributed by atoms with van der Waals surface area (Å²) in [7, 11) is 1.51. The van der Waals surface area contributed by atoms with E-state index in [1.54, 1.807) is 31.4 Å². The van der Waals surface area contributed by atoms with E-state index in [1.165, 1.54) is 24.3 Å². The van der Waals surface area contributed by atoms with Crippen molar-refractivity contribution in [1.82, 2.24) is 9.62 Å². The van der Waals surface area contributed by atoms with Crippen molar-refractivity contribution in [3.63, 3.8) is 0 Å². The minimum absolute atomic E-state index is 0.116. The largest absolute Gasteiger partial charge is 0.491 e. The molecule has 0 aromatic heterocycles. The number of likely N-dealkylation sites (N-methyl/N-ethyl adjacent to an activating group) is 1. The number of nitrogens with zero attached hydrogens (tertiary/aromatic N) is 1. The van der Waals surface area contributed by atoms with Crippen LogP contribution in [0.4, 0.5) is 4.39 Å². The molecule has 0 saturated heterocycles. The third-order valence-electron chi connectivity index (χ3n) is 4.01. The van der Waals surface area contributed by atoms with Gasteiger partial charge in [-0.15, -0.1) is 0 Å². The first-order valence-corrected chi connectivity index (χ1v) is 9.95. The molecule has 0 radical (unpaired) electrons. The first-order chi connectivity index (χ1) is 12.8. The number of nitrogens with one attached hydrogen (secondary N) is 1. The third-order valence-corrected chi connectivity index (χ3v) is 5.45. The topological polar surface area (TPSA) is 67.9 Å². The van der Waals surface area contributed by atoms with E-state index in [2.05, 4.69) is 4.72 Å². The molecule has 1 N–H and O–H groups in total. The maximum atomic E-state index is 13.5. The normalized spacial score (nSPS) is 12.9. The van der Waals surface area contributed by atoms with Gasteiger partial charge in [0.15, 0.2) is 0 Å². The van der Waals surface area contributed by atoms with Crippen LogP contribution in [-0.4, -0.2) is 54.3 Å². The van der Waals surface area contributed by atoms with Crippen LogP contribution in [0.25, 0.3) is 0 Å². The van der Waals surface area contributed by atoms with Crippen LogP contribution < -0.4 is 9.46 Å². The highest BCUT2D eigenvalue weighted by Crippen LogP contribution is 2.20. The highest BCUT2D eigenvalue weighted by molar-refractivity contribution is 7.89. The summed E-state index contributed by atoms with van der Waals surface area (Å²) in [5, 5.41) is 0. The number of hydrogen-bond donors (Lipinski definition) is 1.